The van der Waals surface area contributed by atoms with Gasteiger partial charge in [0, 0.05) is 28.9 Å². The van der Waals surface area contributed by atoms with Crippen molar-refractivity contribution in [1.29, 1.82) is 0 Å². The lowest BCUT2D eigenvalue weighted by atomic mass is 10.0. The third-order valence-electron chi connectivity index (χ3n) is 4.03. The molecule has 1 aromatic heterocycles. The molecule has 6 heteroatoms. The van der Waals surface area contributed by atoms with Crippen molar-refractivity contribution < 1.29 is 4.74 Å². The molecule has 0 saturated heterocycles. The van der Waals surface area contributed by atoms with E-state index in [-0.39, 0.29) is 6.04 Å². The molecule has 0 radical (unpaired) electrons. The van der Waals surface area contributed by atoms with Crippen LogP contribution in [0.25, 0.3) is 0 Å². The van der Waals surface area contributed by atoms with Crippen LogP contribution in [0.1, 0.15) is 21.4 Å². The molecule has 0 saturated carbocycles. The van der Waals surface area contributed by atoms with Crippen LogP contribution in [0.4, 0.5) is 0 Å². The first-order valence-electron chi connectivity index (χ1n) is 8.34. The third-order valence-corrected chi connectivity index (χ3v) is 5.03. The Kier molecular flexibility index (Phi) is 7.28. The van der Waals surface area contributed by atoms with Crippen LogP contribution < -0.4 is 15.4 Å². The largest absolute Gasteiger partial charge is 0.496 e. The second-order valence-electron chi connectivity index (χ2n) is 6.04. The number of ether oxygens (including phenoxy) is 1. The molecular weight excluding hydrogens is 332 g/mol. The molecule has 0 spiro atoms. The van der Waals surface area contributed by atoms with Gasteiger partial charge in [0.05, 0.1) is 19.7 Å². The molecule has 1 unspecified atom stereocenters. The number of nitrogens with one attached hydrogen (secondary N) is 2. The summed E-state index contributed by atoms with van der Waals surface area (Å²) in [7, 11) is 7.65. The number of guanidine groups is 1. The van der Waals surface area contributed by atoms with E-state index in [2.05, 4.69) is 59.7 Å². The van der Waals surface area contributed by atoms with Gasteiger partial charge in [0.25, 0.3) is 0 Å². The van der Waals surface area contributed by atoms with Crippen LogP contribution in [0, 0.1) is 6.92 Å². The normalized spacial score (nSPS) is 13.0. The SMILES string of the molecule is CN=C(NCc1ccc(C)s1)NCC(c1ccccc1OC)N(C)C. The standard InChI is InChI=1S/C19H28N4OS/c1-14-10-11-15(25-14)12-21-19(20-2)22-13-17(23(3)4)16-8-6-7-9-18(16)24-5/h6-11,17H,12-13H2,1-5H3,(H2,20,21,22). The highest BCUT2D eigenvalue weighted by molar-refractivity contribution is 7.11. The van der Waals surface area contributed by atoms with E-state index in [1.807, 2.05) is 18.2 Å². The van der Waals surface area contributed by atoms with Crippen molar-refractivity contribution >= 4 is 17.3 Å². The van der Waals surface area contributed by atoms with Crippen molar-refractivity contribution in [2.45, 2.75) is 19.5 Å². The van der Waals surface area contributed by atoms with E-state index in [0.717, 1.165) is 30.4 Å². The predicted molar refractivity (Wildman–Crippen MR) is 107 cm³/mol. The van der Waals surface area contributed by atoms with Gasteiger partial charge in [0.1, 0.15) is 5.75 Å². The molecule has 0 fully saturated rings. The topological polar surface area (TPSA) is 48.9 Å². The van der Waals surface area contributed by atoms with Crippen LogP contribution in [0.3, 0.4) is 0 Å². The summed E-state index contributed by atoms with van der Waals surface area (Å²) in [5, 5.41) is 6.80. The van der Waals surface area contributed by atoms with E-state index >= 15 is 0 Å². The summed E-state index contributed by atoms with van der Waals surface area (Å²) >= 11 is 1.80. The molecule has 0 aliphatic heterocycles. The van der Waals surface area contributed by atoms with Crippen LogP contribution >= 0.6 is 11.3 Å². The van der Waals surface area contributed by atoms with Crippen molar-refractivity contribution in [1.82, 2.24) is 15.5 Å². The number of hydrogen-bond donors (Lipinski definition) is 2. The maximum Gasteiger partial charge on any atom is 0.191 e. The molecule has 25 heavy (non-hydrogen) atoms. The van der Waals surface area contributed by atoms with Gasteiger partial charge >= 0.3 is 0 Å². The lowest BCUT2D eigenvalue weighted by molar-refractivity contribution is 0.287. The number of thiophene rings is 1. The average molecular weight is 361 g/mol. The van der Waals surface area contributed by atoms with E-state index in [1.165, 1.54) is 9.75 Å². The Balaban J connectivity index is 1.99. The summed E-state index contributed by atoms with van der Waals surface area (Å²) in [5.74, 6) is 1.70. The Labute approximate surface area is 154 Å². The maximum absolute atomic E-state index is 5.52. The molecule has 1 heterocycles. The maximum atomic E-state index is 5.52. The molecule has 0 aliphatic rings. The fourth-order valence-corrected chi connectivity index (χ4v) is 3.51. The Morgan fingerprint density at radius 2 is 1.96 bits per heavy atom. The van der Waals surface area contributed by atoms with Gasteiger partial charge in [-0.3, -0.25) is 4.99 Å². The summed E-state index contributed by atoms with van der Waals surface area (Å²) in [5.41, 5.74) is 1.16. The minimum absolute atomic E-state index is 0.179. The second-order valence-corrected chi connectivity index (χ2v) is 7.41. The van der Waals surface area contributed by atoms with Crippen LogP contribution in [0.5, 0.6) is 5.75 Å². The molecule has 1 atom stereocenters. The monoisotopic (exact) mass is 360 g/mol. The summed E-state index contributed by atoms with van der Waals surface area (Å²) < 4.78 is 5.52. The fraction of sp³-hybridized carbons (Fsp3) is 0.421. The lowest BCUT2D eigenvalue weighted by Crippen LogP contribution is -2.41. The number of methoxy groups -OCH3 is 1. The number of rotatable bonds is 7. The minimum atomic E-state index is 0.179. The Hall–Kier alpha value is -2.05. The van der Waals surface area contributed by atoms with Crippen molar-refractivity contribution in [3.8, 4) is 5.75 Å². The van der Waals surface area contributed by atoms with Gasteiger partial charge in [0.15, 0.2) is 5.96 Å². The van der Waals surface area contributed by atoms with Crippen molar-refractivity contribution in [2.75, 3.05) is 34.8 Å². The van der Waals surface area contributed by atoms with Crippen molar-refractivity contribution in [3.05, 3.63) is 51.7 Å². The fourth-order valence-electron chi connectivity index (χ4n) is 2.68. The van der Waals surface area contributed by atoms with E-state index in [4.69, 9.17) is 4.74 Å². The van der Waals surface area contributed by atoms with Crippen molar-refractivity contribution in [2.24, 2.45) is 4.99 Å². The van der Waals surface area contributed by atoms with Gasteiger partial charge in [-0.1, -0.05) is 18.2 Å². The molecule has 2 rings (SSSR count). The number of para-hydroxylation sites is 1. The highest BCUT2D eigenvalue weighted by Crippen LogP contribution is 2.27. The first-order chi connectivity index (χ1) is 12.0. The zero-order valence-corrected chi connectivity index (χ0v) is 16.5. The van der Waals surface area contributed by atoms with Crippen molar-refractivity contribution in [3.63, 3.8) is 0 Å². The highest BCUT2D eigenvalue weighted by atomic mass is 32.1. The molecule has 0 bridgehead atoms. The van der Waals surface area contributed by atoms with E-state index in [0.29, 0.717) is 0 Å². The Morgan fingerprint density at radius 3 is 2.56 bits per heavy atom. The van der Waals surface area contributed by atoms with Crippen LogP contribution in [0.15, 0.2) is 41.4 Å². The first kappa shape index (κ1) is 19.3. The van der Waals surface area contributed by atoms with Gasteiger partial charge in [-0.15, -0.1) is 11.3 Å². The summed E-state index contributed by atoms with van der Waals surface area (Å²) in [6.45, 7) is 3.63. The van der Waals surface area contributed by atoms with E-state index < -0.39 is 0 Å². The number of likely N-dealkylation sites (N-methyl/N-ethyl adjacent to an activating group) is 1. The molecule has 0 aliphatic carbocycles. The van der Waals surface area contributed by atoms with Gasteiger partial charge in [-0.2, -0.15) is 0 Å². The summed E-state index contributed by atoms with van der Waals surface area (Å²) in [4.78, 5) is 9.13. The summed E-state index contributed by atoms with van der Waals surface area (Å²) in [6, 6.07) is 12.6. The molecule has 2 N–H and O–H groups in total. The van der Waals surface area contributed by atoms with Gasteiger partial charge in [0.2, 0.25) is 0 Å². The first-order valence-corrected chi connectivity index (χ1v) is 9.16. The van der Waals surface area contributed by atoms with Gasteiger partial charge in [-0.25, -0.2) is 0 Å². The van der Waals surface area contributed by atoms with Crippen LogP contribution in [-0.4, -0.2) is 45.7 Å². The second kappa shape index (κ2) is 9.44. The molecule has 0 amide bonds. The number of nitrogens with zero attached hydrogens (tertiary/aromatic N) is 2. The van der Waals surface area contributed by atoms with Crippen LogP contribution in [-0.2, 0) is 6.54 Å². The molecule has 1 aromatic carbocycles. The minimum Gasteiger partial charge on any atom is -0.496 e. The smallest absolute Gasteiger partial charge is 0.191 e. The molecule has 136 valence electrons. The molecular formula is C19H28N4OS. The lowest BCUT2D eigenvalue weighted by Gasteiger charge is -2.27. The average Bonchev–Trinajstić information content (AvgIpc) is 3.03. The molecule has 5 nitrogen and oxygen atoms in total. The number of aryl methyl sites for hydroxylation is 1. The highest BCUT2D eigenvalue weighted by Gasteiger charge is 2.18. The van der Waals surface area contributed by atoms with E-state index in [1.54, 1.807) is 25.5 Å². The number of aliphatic imine (C=N–C) groups is 1. The predicted octanol–water partition coefficient (Wildman–Crippen LogP) is 3.03. The van der Waals surface area contributed by atoms with Gasteiger partial charge < -0.3 is 20.3 Å². The molecule has 2 aromatic rings. The number of benzene rings is 1. The zero-order valence-electron chi connectivity index (χ0n) is 15.7. The Bertz CT molecular complexity index is 696. The third kappa shape index (κ3) is 5.47. The van der Waals surface area contributed by atoms with E-state index in [9.17, 15) is 0 Å². The Morgan fingerprint density at radius 1 is 1.20 bits per heavy atom. The van der Waals surface area contributed by atoms with Crippen LogP contribution in [0.2, 0.25) is 0 Å². The zero-order chi connectivity index (χ0) is 18.2. The quantitative estimate of drug-likeness (QED) is 0.589. The number of hydrogen-bond acceptors (Lipinski definition) is 4. The summed E-state index contributed by atoms with van der Waals surface area (Å²) in [6.07, 6.45) is 0. The van der Waals surface area contributed by atoms with Gasteiger partial charge in [-0.05, 0) is 39.2 Å².